The van der Waals surface area contributed by atoms with Gasteiger partial charge < -0.3 is 10.2 Å². The Balaban J connectivity index is 1.99. The van der Waals surface area contributed by atoms with Crippen molar-refractivity contribution < 1.29 is 4.79 Å². The zero-order chi connectivity index (χ0) is 13.8. The average Bonchev–Trinajstić information content (AvgIpc) is 2.40. The third-order valence-electron chi connectivity index (χ3n) is 3.74. The van der Waals surface area contributed by atoms with Gasteiger partial charge in [0.05, 0.1) is 0 Å². The molecule has 0 aliphatic carbocycles. The molecule has 4 nitrogen and oxygen atoms in total. The Bertz CT molecular complexity index is 447. The zero-order valence-electron chi connectivity index (χ0n) is 12.0. The van der Waals surface area contributed by atoms with E-state index in [4.69, 9.17) is 0 Å². The summed E-state index contributed by atoms with van der Waals surface area (Å²) in [6, 6.07) is 8.17. The Labute approximate surface area is 115 Å². The molecule has 1 N–H and O–H groups in total. The molecule has 0 saturated carbocycles. The number of carbonyl (C=O) groups is 1. The normalized spacial score (nSPS) is 20.3. The van der Waals surface area contributed by atoms with Gasteiger partial charge in [-0.1, -0.05) is 17.7 Å². The number of carbonyl (C=O) groups excluding carboxylic acids is 1. The van der Waals surface area contributed by atoms with E-state index in [0.717, 1.165) is 37.3 Å². The molecule has 1 saturated heterocycles. The first-order valence-corrected chi connectivity index (χ1v) is 6.81. The fourth-order valence-electron chi connectivity index (χ4n) is 2.46. The van der Waals surface area contributed by atoms with Crippen LogP contribution in [0, 0.1) is 6.92 Å². The smallest absolute Gasteiger partial charge is 0.253 e. The molecule has 1 unspecified atom stereocenters. The molecular weight excluding hydrogens is 238 g/mol. The van der Waals surface area contributed by atoms with Crippen molar-refractivity contribution in [3.8, 4) is 0 Å². The molecular formula is C15H23N3O. The van der Waals surface area contributed by atoms with Crippen molar-refractivity contribution in [2.75, 3.05) is 40.3 Å². The first-order chi connectivity index (χ1) is 9.08. The highest BCUT2D eigenvalue weighted by molar-refractivity contribution is 5.94. The molecule has 0 spiro atoms. The van der Waals surface area contributed by atoms with Crippen molar-refractivity contribution in [3.05, 3.63) is 35.4 Å². The maximum Gasteiger partial charge on any atom is 0.253 e. The highest BCUT2D eigenvalue weighted by Crippen LogP contribution is 2.09. The quantitative estimate of drug-likeness (QED) is 0.881. The molecule has 1 aliphatic rings. The van der Waals surface area contributed by atoms with Gasteiger partial charge in [-0.2, -0.15) is 0 Å². The van der Waals surface area contributed by atoms with Crippen molar-refractivity contribution in [1.29, 1.82) is 0 Å². The van der Waals surface area contributed by atoms with E-state index < -0.39 is 0 Å². The van der Waals surface area contributed by atoms with Crippen molar-refractivity contribution in [1.82, 2.24) is 15.1 Å². The molecule has 1 amide bonds. The van der Waals surface area contributed by atoms with Gasteiger partial charge >= 0.3 is 0 Å². The number of nitrogens with one attached hydrogen (secondary N) is 1. The first kappa shape index (κ1) is 14.0. The van der Waals surface area contributed by atoms with E-state index in [1.54, 1.807) is 0 Å². The summed E-state index contributed by atoms with van der Waals surface area (Å²) < 4.78 is 0. The standard InChI is InChI=1S/C15H23N3O/c1-12-5-4-6-13(9-12)15(19)18(3)11-14-10-16-7-8-17(14)2/h4-6,9,14,16H,7-8,10-11H2,1-3H3. The Hall–Kier alpha value is -1.39. The predicted molar refractivity (Wildman–Crippen MR) is 77.4 cm³/mol. The zero-order valence-corrected chi connectivity index (χ0v) is 12.0. The molecule has 1 fully saturated rings. The van der Waals surface area contributed by atoms with Gasteiger partial charge in [-0.3, -0.25) is 9.69 Å². The summed E-state index contributed by atoms with van der Waals surface area (Å²) in [6.07, 6.45) is 0. The monoisotopic (exact) mass is 261 g/mol. The topological polar surface area (TPSA) is 35.6 Å². The maximum atomic E-state index is 12.4. The maximum absolute atomic E-state index is 12.4. The summed E-state index contributed by atoms with van der Waals surface area (Å²) in [6.45, 7) is 5.79. The van der Waals surface area contributed by atoms with Crippen LogP contribution in [0.5, 0.6) is 0 Å². The van der Waals surface area contributed by atoms with Crippen molar-refractivity contribution >= 4 is 5.91 Å². The Kier molecular flexibility index (Phi) is 4.56. The number of rotatable bonds is 3. The van der Waals surface area contributed by atoms with E-state index in [1.165, 1.54) is 0 Å². The second kappa shape index (κ2) is 6.17. The van der Waals surface area contributed by atoms with Gasteiger partial charge in [-0.25, -0.2) is 0 Å². The highest BCUT2D eigenvalue weighted by Gasteiger charge is 2.22. The third kappa shape index (κ3) is 3.55. The Morgan fingerprint density at radius 2 is 2.32 bits per heavy atom. The van der Waals surface area contributed by atoms with E-state index >= 15 is 0 Å². The van der Waals surface area contributed by atoms with Crippen LogP contribution in [0.4, 0.5) is 0 Å². The number of hydrogen-bond donors (Lipinski definition) is 1. The molecule has 19 heavy (non-hydrogen) atoms. The van der Waals surface area contributed by atoms with Crippen LogP contribution in [-0.4, -0.2) is 62.0 Å². The van der Waals surface area contributed by atoms with Gasteiger partial charge in [0.15, 0.2) is 0 Å². The lowest BCUT2D eigenvalue weighted by atomic mass is 10.1. The lowest BCUT2D eigenvalue weighted by molar-refractivity contribution is 0.0729. The minimum absolute atomic E-state index is 0.0997. The SMILES string of the molecule is Cc1cccc(C(=O)N(C)CC2CNCCN2C)c1. The first-order valence-electron chi connectivity index (χ1n) is 6.81. The molecule has 0 aromatic heterocycles. The van der Waals surface area contributed by atoms with Crippen molar-refractivity contribution in [3.63, 3.8) is 0 Å². The van der Waals surface area contributed by atoms with Crippen LogP contribution in [0.1, 0.15) is 15.9 Å². The summed E-state index contributed by atoms with van der Waals surface area (Å²) in [5.74, 6) is 0.0997. The predicted octanol–water partition coefficient (Wildman–Crippen LogP) is 0.971. The van der Waals surface area contributed by atoms with Crippen LogP contribution in [0.3, 0.4) is 0 Å². The van der Waals surface area contributed by atoms with Crippen molar-refractivity contribution in [2.24, 2.45) is 0 Å². The van der Waals surface area contributed by atoms with Gasteiger partial charge in [0.25, 0.3) is 5.91 Å². The summed E-state index contributed by atoms with van der Waals surface area (Å²) in [4.78, 5) is 16.5. The van der Waals surface area contributed by atoms with Gasteiger partial charge in [0.2, 0.25) is 0 Å². The lowest BCUT2D eigenvalue weighted by Crippen LogP contribution is -2.54. The van der Waals surface area contributed by atoms with Crippen LogP contribution in [-0.2, 0) is 0 Å². The number of piperazine rings is 1. The number of likely N-dealkylation sites (N-methyl/N-ethyl adjacent to an activating group) is 2. The van der Waals surface area contributed by atoms with E-state index in [2.05, 4.69) is 17.3 Å². The largest absolute Gasteiger partial charge is 0.340 e. The van der Waals surface area contributed by atoms with Gasteiger partial charge in [0.1, 0.15) is 0 Å². The lowest BCUT2D eigenvalue weighted by Gasteiger charge is -2.35. The summed E-state index contributed by atoms with van der Waals surface area (Å²) in [5.41, 5.74) is 1.89. The Morgan fingerprint density at radius 1 is 1.53 bits per heavy atom. The molecule has 1 heterocycles. The van der Waals surface area contributed by atoms with Crippen molar-refractivity contribution in [2.45, 2.75) is 13.0 Å². The third-order valence-corrected chi connectivity index (χ3v) is 3.74. The number of benzene rings is 1. The number of aryl methyl sites for hydroxylation is 1. The Morgan fingerprint density at radius 3 is 3.00 bits per heavy atom. The van der Waals surface area contributed by atoms with E-state index in [1.807, 2.05) is 43.1 Å². The highest BCUT2D eigenvalue weighted by atomic mass is 16.2. The van der Waals surface area contributed by atoms with Gasteiger partial charge in [0, 0.05) is 44.8 Å². The average molecular weight is 261 g/mol. The van der Waals surface area contributed by atoms with Crippen LogP contribution >= 0.6 is 0 Å². The summed E-state index contributed by atoms with van der Waals surface area (Å²) in [7, 11) is 4.00. The molecule has 1 aliphatic heterocycles. The fraction of sp³-hybridized carbons (Fsp3) is 0.533. The molecule has 2 rings (SSSR count). The van der Waals surface area contributed by atoms with E-state index in [0.29, 0.717) is 6.04 Å². The van der Waals surface area contributed by atoms with Crippen LogP contribution in [0.15, 0.2) is 24.3 Å². The minimum Gasteiger partial charge on any atom is -0.340 e. The summed E-state index contributed by atoms with van der Waals surface area (Å²) >= 11 is 0. The number of hydrogen-bond acceptors (Lipinski definition) is 3. The number of nitrogens with zero attached hydrogens (tertiary/aromatic N) is 2. The van der Waals surface area contributed by atoms with E-state index in [9.17, 15) is 4.79 Å². The number of amides is 1. The molecule has 1 aromatic rings. The van der Waals surface area contributed by atoms with Gasteiger partial charge in [-0.05, 0) is 26.1 Å². The van der Waals surface area contributed by atoms with Gasteiger partial charge in [-0.15, -0.1) is 0 Å². The van der Waals surface area contributed by atoms with Crippen LogP contribution < -0.4 is 5.32 Å². The molecule has 0 bridgehead atoms. The molecule has 4 heteroatoms. The second-order valence-electron chi connectivity index (χ2n) is 5.39. The molecule has 1 atom stereocenters. The van der Waals surface area contributed by atoms with Crippen LogP contribution in [0.25, 0.3) is 0 Å². The molecule has 104 valence electrons. The fourth-order valence-corrected chi connectivity index (χ4v) is 2.46. The molecule has 0 radical (unpaired) electrons. The van der Waals surface area contributed by atoms with E-state index in [-0.39, 0.29) is 5.91 Å². The molecule has 1 aromatic carbocycles. The second-order valence-corrected chi connectivity index (χ2v) is 5.39. The van der Waals surface area contributed by atoms with Crippen LogP contribution in [0.2, 0.25) is 0 Å². The summed E-state index contributed by atoms with van der Waals surface area (Å²) in [5, 5.41) is 3.38. The minimum atomic E-state index is 0.0997.